The van der Waals surface area contributed by atoms with Gasteiger partial charge in [0.1, 0.15) is 11.6 Å². The lowest BCUT2D eigenvalue weighted by Gasteiger charge is -2.39. The second-order valence-corrected chi connectivity index (χ2v) is 7.78. The first kappa shape index (κ1) is 19.3. The Hall–Kier alpha value is -2.02. The molecular formula is C22H27F2N3O. The van der Waals surface area contributed by atoms with E-state index in [9.17, 15) is 8.78 Å². The molecule has 4 rings (SSSR count). The summed E-state index contributed by atoms with van der Waals surface area (Å²) in [5, 5.41) is 8.65. The molecule has 0 aliphatic carbocycles. The SMILES string of the molecule is ONCCCCCN1CC[C@@H]2[C@@H](C1)c1cc(F)ccc1N2c1ccc(F)cc1. The summed E-state index contributed by atoms with van der Waals surface area (Å²) in [6.45, 7) is 3.57. The van der Waals surface area contributed by atoms with Gasteiger partial charge in [0.05, 0.1) is 0 Å². The number of hydroxylamine groups is 1. The zero-order chi connectivity index (χ0) is 19.5. The number of unbranched alkanes of at least 4 members (excludes halogenated alkanes) is 2. The number of nitrogens with one attached hydrogen (secondary N) is 1. The molecule has 28 heavy (non-hydrogen) atoms. The molecule has 0 radical (unpaired) electrons. The molecule has 4 nitrogen and oxygen atoms in total. The lowest BCUT2D eigenvalue weighted by molar-refractivity contribution is 0.162. The summed E-state index contributed by atoms with van der Waals surface area (Å²) in [5.74, 6) is -0.194. The van der Waals surface area contributed by atoms with Crippen molar-refractivity contribution in [3.63, 3.8) is 0 Å². The van der Waals surface area contributed by atoms with E-state index in [4.69, 9.17) is 5.21 Å². The monoisotopic (exact) mass is 387 g/mol. The third-order valence-corrected chi connectivity index (χ3v) is 6.01. The first-order chi connectivity index (χ1) is 13.7. The van der Waals surface area contributed by atoms with Gasteiger partial charge in [-0.2, -0.15) is 0 Å². The van der Waals surface area contributed by atoms with Gasteiger partial charge in [-0.3, -0.25) is 0 Å². The van der Waals surface area contributed by atoms with E-state index in [1.54, 1.807) is 6.07 Å². The maximum Gasteiger partial charge on any atom is 0.123 e. The third kappa shape index (κ3) is 3.90. The van der Waals surface area contributed by atoms with Crippen LogP contribution in [0.15, 0.2) is 42.5 Å². The molecule has 2 heterocycles. The normalized spacial score (nSPS) is 21.6. The Bertz CT molecular complexity index is 799. The first-order valence-corrected chi connectivity index (χ1v) is 10.1. The lowest BCUT2D eigenvalue weighted by Crippen LogP contribution is -2.45. The molecule has 2 aliphatic heterocycles. The van der Waals surface area contributed by atoms with Crippen molar-refractivity contribution < 1.29 is 14.0 Å². The minimum absolute atomic E-state index is 0.202. The van der Waals surface area contributed by atoms with Crippen LogP contribution in [0.2, 0.25) is 0 Å². The zero-order valence-corrected chi connectivity index (χ0v) is 16.0. The van der Waals surface area contributed by atoms with Crippen LogP contribution >= 0.6 is 0 Å². The number of nitrogens with zero attached hydrogens (tertiary/aromatic N) is 2. The topological polar surface area (TPSA) is 38.7 Å². The van der Waals surface area contributed by atoms with Crippen LogP contribution in [0.4, 0.5) is 20.2 Å². The van der Waals surface area contributed by atoms with Gasteiger partial charge in [0, 0.05) is 43.0 Å². The molecule has 0 unspecified atom stereocenters. The Morgan fingerprint density at radius 3 is 2.57 bits per heavy atom. The van der Waals surface area contributed by atoms with Gasteiger partial charge >= 0.3 is 0 Å². The zero-order valence-electron chi connectivity index (χ0n) is 16.0. The minimum Gasteiger partial charge on any atom is -0.337 e. The van der Waals surface area contributed by atoms with E-state index in [0.29, 0.717) is 6.54 Å². The third-order valence-electron chi connectivity index (χ3n) is 6.01. The Labute approximate surface area is 164 Å². The molecule has 0 amide bonds. The fourth-order valence-electron chi connectivity index (χ4n) is 4.69. The van der Waals surface area contributed by atoms with Crippen LogP contribution < -0.4 is 10.4 Å². The number of anilines is 2. The number of rotatable bonds is 7. The van der Waals surface area contributed by atoms with Crippen LogP contribution in [-0.2, 0) is 0 Å². The van der Waals surface area contributed by atoms with Crippen molar-refractivity contribution in [2.75, 3.05) is 31.1 Å². The van der Waals surface area contributed by atoms with E-state index in [-0.39, 0.29) is 23.6 Å². The summed E-state index contributed by atoms with van der Waals surface area (Å²) in [4.78, 5) is 4.74. The number of fused-ring (bicyclic) bond motifs is 3. The summed E-state index contributed by atoms with van der Waals surface area (Å²) in [6, 6.07) is 11.9. The Balaban J connectivity index is 1.52. The van der Waals surface area contributed by atoms with Gasteiger partial charge in [-0.1, -0.05) is 6.42 Å². The van der Waals surface area contributed by atoms with Crippen molar-refractivity contribution in [3.05, 3.63) is 59.7 Å². The second-order valence-electron chi connectivity index (χ2n) is 7.78. The molecule has 1 fully saturated rings. The molecule has 1 saturated heterocycles. The minimum atomic E-state index is -0.245. The van der Waals surface area contributed by atoms with Crippen molar-refractivity contribution in [1.82, 2.24) is 10.4 Å². The molecule has 2 aromatic rings. The Morgan fingerprint density at radius 1 is 1.00 bits per heavy atom. The highest BCUT2D eigenvalue weighted by Crippen LogP contribution is 2.48. The molecular weight excluding hydrogens is 360 g/mol. The number of hydrogen-bond donors (Lipinski definition) is 2. The Morgan fingerprint density at radius 2 is 1.79 bits per heavy atom. The largest absolute Gasteiger partial charge is 0.337 e. The number of piperidine rings is 1. The molecule has 0 saturated carbocycles. The molecule has 2 aliphatic rings. The number of benzene rings is 2. The van der Waals surface area contributed by atoms with Crippen LogP contribution in [0.1, 0.15) is 37.2 Å². The Kier molecular flexibility index (Phi) is 5.90. The van der Waals surface area contributed by atoms with Gasteiger partial charge in [0.15, 0.2) is 0 Å². The highest BCUT2D eigenvalue weighted by molar-refractivity contribution is 5.73. The number of hydrogen-bond acceptors (Lipinski definition) is 4. The van der Waals surface area contributed by atoms with Gasteiger partial charge in [-0.25, -0.2) is 14.3 Å². The van der Waals surface area contributed by atoms with Crippen LogP contribution in [0, 0.1) is 11.6 Å². The van der Waals surface area contributed by atoms with E-state index >= 15 is 0 Å². The van der Waals surface area contributed by atoms with E-state index in [1.807, 2.05) is 18.2 Å². The summed E-state index contributed by atoms with van der Waals surface area (Å²) in [7, 11) is 0. The predicted octanol–water partition coefficient (Wildman–Crippen LogP) is 4.42. The van der Waals surface area contributed by atoms with E-state index in [2.05, 4.69) is 15.3 Å². The number of halogens is 2. The van der Waals surface area contributed by atoms with Crippen LogP contribution in [-0.4, -0.2) is 42.3 Å². The molecule has 0 spiro atoms. The average Bonchev–Trinajstić information content (AvgIpc) is 3.01. The second kappa shape index (κ2) is 8.55. The van der Waals surface area contributed by atoms with Crippen LogP contribution in [0.5, 0.6) is 0 Å². The molecule has 0 aromatic heterocycles. The quantitative estimate of drug-likeness (QED) is 0.545. The highest BCUT2D eigenvalue weighted by Gasteiger charge is 2.42. The van der Waals surface area contributed by atoms with Crippen molar-refractivity contribution in [2.24, 2.45) is 0 Å². The van der Waals surface area contributed by atoms with Crippen LogP contribution in [0.3, 0.4) is 0 Å². The van der Waals surface area contributed by atoms with Gasteiger partial charge < -0.3 is 15.0 Å². The lowest BCUT2D eigenvalue weighted by atomic mass is 9.89. The molecule has 6 heteroatoms. The molecule has 2 N–H and O–H groups in total. The van der Waals surface area contributed by atoms with Crippen molar-refractivity contribution in [3.8, 4) is 0 Å². The summed E-state index contributed by atoms with van der Waals surface area (Å²) < 4.78 is 27.4. The standard InChI is InChI=1S/C22H27F2N3O/c23-16-4-7-18(8-5-16)27-21-9-6-17(24)14-19(21)20-15-26(13-10-22(20)27)12-3-1-2-11-25-28/h4-9,14,20,22,25,28H,1-3,10-13,15H2/t20-,22+/m0/s1. The fourth-order valence-corrected chi connectivity index (χ4v) is 4.69. The molecule has 150 valence electrons. The maximum atomic E-state index is 14.0. The molecule has 2 aromatic carbocycles. The highest BCUT2D eigenvalue weighted by atomic mass is 19.1. The fraction of sp³-hybridized carbons (Fsp3) is 0.455. The van der Waals surface area contributed by atoms with E-state index in [0.717, 1.165) is 62.3 Å². The van der Waals surface area contributed by atoms with Crippen LogP contribution in [0.25, 0.3) is 0 Å². The average molecular weight is 387 g/mol. The van der Waals surface area contributed by atoms with Gasteiger partial charge in [-0.05, 0) is 73.8 Å². The van der Waals surface area contributed by atoms with Crippen molar-refractivity contribution in [2.45, 2.75) is 37.6 Å². The van der Waals surface area contributed by atoms with Crippen molar-refractivity contribution in [1.29, 1.82) is 0 Å². The van der Waals surface area contributed by atoms with E-state index < -0.39 is 0 Å². The summed E-state index contributed by atoms with van der Waals surface area (Å²) in [5.41, 5.74) is 5.26. The van der Waals surface area contributed by atoms with Gasteiger partial charge in [-0.15, -0.1) is 0 Å². The van der Waals surface area contributed by atoms with Crippen molar-refractivity contribution >= 4 is 11.4 Å². The van der Waals surface area contributed by atoms with Gasteiger partial charge in [0.2, 0.25) is 0 Å². The van der Waals surface area contributed by atoms with Gasteiger partial charge in [0.25, 0.3) is 0 Å². The van der Waals surface area contributed by atoms with E-state index in [1.165, 1.54) is 18.2 Å². The molecule has 0 bridgehead atoms. The summed E-state index contributed by atoms with van der Waals surface area (Å²) in [6.07, 6.45) is 4.13. The molecule has 2 atom stereocenters. The first-order valence-electron chi connectivity index (χ1n) is 10.1. The predicted molar refractivity (Wildman–Crippen MR) is 106 cm³/mol. The number of likely N-dealkylation sites (tertiary alicyclic amines) is 1. The smallest absolute Gasteiger partial charge is 0.123 e. The maximum absolute atomic E-state index is 14.0. The summed E-state index contributed by atoms with van der Waals surface area (Å²) >= 11 is 0.